The predicted molar refractivity (Wildman–Crippen MR) is 122 cm³/mol. The van der Waals surface area contributed by atoms with Crippen LogP contribution >= 0.6 is 22.7 Å². The summed E-state index contributed by atoms with van der Waals surface area (Å²) in [7, 11) is 1.68. The van der Waals surface area contributed by atoms with Crippen LogP contribution in [0, 0.1) is 0 Å². The van der Waals surface area contributed by atoms with Crippen molar-refractivity contribution in [3.05, 3.63) is 93.3 Å². The number of fused-ring (bicyclic) bond motifs is 1. The van der Waals surface area contributed by atoms with E-state index in [2.05, 4.69) is 4.98 Å². The van der Waals surface area contributed by atoms with Crippen LogP contribution in [-0.4, -0.2) is 37.0 Å². The fraction of sp³-hybridized carbons (Fsp3) is 0.0909. The molecule has 154 valence electrons. The fourth-order valence-electron chi connectivity index (χ4n) is 3.36. The maximum absolute atomic E-state index is 13.1. The molecule has 5 rings (SSSR count). The number of hydrogen-bond acceptors (Lipinski definition) is 6. The molecule has 31 heavy (non-hydrogen) atoms. The summed E-state index contributed by atoms with van der Waals surface area (Å²) in [5.74, 6) is -0.373. The molecule has 0 unspecified atom stereocenters. The van der Waals surface area contributed by atoms with E-state index in [0.717, 1.165) is 21.8 Å². The number of hydrogen-bond donors (Lipinski definition) is 0. The van der Waals surface area contributed by atoms with Gasteiger partial charge in [0.1, 0.15) is 11.3 Å². The summed E-state index contributed by atoms with van der Waals surface area (Å²) < 4.78 is 3.22. The Bertz CT molecular complexity index is 1420. The zero-order chi connectivity index (χ0) is 21.4. The van der Waals surface area contributed by atoms with Crippen LogP contribution in [0.25, 0.3) is 21.2 Å². The lowest BCUT2D eigenvalue weighted by atomic mass is 10.2. The van der Waals surface area contributed by atoms with Crippen molar-refractivity contribution in [1.29, 1.82) is 0 Å². The van der Waals surface area contributed by atoms with Crippen LogP contribution < -0.4 is 5.56 Å². The molecule has 4 heterocycles. The van der Waals surface area contributed by atoms with Crippen molar-refractivity contribution in [2.24, 2.45) is 0 Å². The van der Waals surface area contributed by atoms with Gasteiger partial charge in [0.05, 0.1) is 10.6 Å². The van der Waals surface area contributed by atoms with E-state index in [1.807, 2.05) is 58.7 Å². The third kappa shape index (κ3) is 3.58. The lowest BCUT2D eigenvalue weighted by Crippen LogP contribution is -2.32. The number of rotatable bonds is 5. The molecular weight excluding hydrogens is 430 g/mol. The van der Waals surface area contributed by atoms with Crippen molar-refractivity contribution in [1.82, 2.24) is 24.1 Å². The second-order valence-corrected chi connectivity index (χ2v) is 8.77. The molecule has 9 heteroatoms. The number of aromatic nitrogens is 4. The van der Waals surface area contributed by atoms with Gasteiger partial charge >= 0.3 is 0 Å². The Kier molecular flexibility index (Phi) is 4.97. The molecule has 0 aliphatic rings. The van der Waals surface area contributed by atoms with Crippen LogP contribution in [0.4, 0.5) is 0 Å². The van der Waals surface area contributed by atoms with Crippen LogP contribution in [0.3, 0.4) is 0 Å². The minimum atomic E-state index is -0.373. The standard InChI is InChI=1S/C22H17N5O2S2/c1-25(20(28)17-12-23-22-26(21(17)29)9-11-31-22)13-15-14-27(16-6-3-2-4-7-16)24-19(15)18-8-5-10-30-18/h2-12,14H,13H2,1H3. The molecule has 0 bridgehead atoms. The Hall–Kier alpha value is -3.56. The average molecular weight is 448 g/mol. The van der Waals surface area contributed by atoms with E-state index in [1.165, 1.54) is 26.8 Å². The lowest BCUT2D eigenvalue weighted by Gasteiger charge is -2.16. The van der Waals surface area contributed by atoms with Crippen LogP contribution in [-0.2, 0) is 6.54 Å². The molecule has 0 saturated heterocycles. The molecule has 0 saturated carbocycles. The minimum absolute atomic E-state index is 0.0477. The van der Waals surface area contributed by atoms with Crippen molar-refractivity contribution in [2.75, 3.05) is 7.05 Å². The van der Waals surface area contributed by atoms with Crippen molar-refractivity contribution in [3.63, 3.8) is 0 Å². The van der Waals surface area contributed by atoms with E-state index in [0.29, 0.717) is 11.5 Å². The third-order valence-electron chi connectivity index (χ3n) is 4.89. The smallest absolute Gasteiger partial charge is 0.271 e. The van der Waals surface area contributed by atoms with Gasteiger partial charge in [0.15, 0.2) is 4.96 Å². The van der Waals surface area contributed by atoms with Gasteiger partial charge in [0, 0.05) is 43.1 Å². The molecule has 0 aliphatic heterocycles. The van der Waals surface area contributed by atoms with Gasteiger partial charge in [-0.1, -0.05) is 24.3 Å². The second kappa shape index (κ2) is 7.93. The molecule has 0 aliphatic carbocycles. The van der Waals surface area contributed by atoms with Crippen molar-refractivity contribution in [3.8, 4) is 16.3 Å². The molecule has 0 N–H and O–H groups in total. The maximum atomic E-state index is 13.1. The molecule has 5 aromatic rings. The number of para-hydroxylation sites is 1. The number of amides is 1. The van der Waals surface area contributed by atoms with Gasteiger partial charge in [-0.3, -0.25) is 14.0 Å². The van der Waals surface area contributed by atoms with E-state index in [-0.39, 0.29) is 17.0 Å². The highest BCUT2D eigenvalue weighted by molar-refractivity contribution is 7.15. The Morgan fingerprint density at radius 3 is 2.71 bits per heavy atom. The topological polar surface area (TPSA) is 72.5 Å². The van der Waals surface area contributed by atoms with E-state index in [1.54, 1.807) is 30.0 Å². The SMILES string of the molecule is CN(Cc1cn(-c2ccccc2)nc1-c1cccs1)C(=O)c1cnc2sccn2c1=O. The molecule has 4 aromatic heterocycles. The van der Waals surface area contributed by atoms with E-state index in [9.17, 15) is 9.59 Å². The summed E-state index contributed by atoms with van der Waals surface area (Å²) in [5.41, 5.74) is 2.34. The van der Waals surface area contributed by atoms with Crippen molar-refractivity contribution >= 4 is 33.5 Å². The lowest BCUT2D eigenvalue weighted by molar-refractivity contribution is 0.0783. The molecule has 0 spiro atoms. The maximum Gasteiger partial charge on any atom is 0.271 e. The fourth-order valence-corrected chi connectivity index (χ4v) is 4.78. The van der Waals surface area contributed by atoms with Crippen molar-refractivity contribution in [2.45, 2.75) is 6.54 Å². The normalized spacial score (nSPS) is 11.1. The van der Waals surface area contributed by atoms with E-state index < -0.39 is 0 Å². The Morgan fingerprint density at radius 2 is 1.94 bits per heavy atom. The zero-order valence-corrected chi connectivity index (χ0v) is 18.1. The summed E-state index contributed by atoms with van der Waals surface area (Å²) >= 11 is 2.95. The van der Waals surface area contributed by atoms with Gasteiger partial charge in [-0.15, -0.1) is 22.7 Å². The third-order valence-corrected chi connectivity index (χ3v) is 6.54. The predicted octanol–water partition coefficient (Wildman–Crippen LogP) is 3.94. The van der Waals surface area contributed by atoms with Gasteiger partial charge in [0.2, 0.25) is 0 Å². The first-order valence-electron chi connectivity index (χ1n) is 9.50. The number of thiophene rings is 1. The van der Waals surface area contributed by atoms with Gasteiger partial charge in [-0.05, 0) is 23.6 Å². The van der Waals surface area contributed by atoms with E-state index in [4.69, 9.17) is 5.10 Å². The zero-order valence-electron chi connectivity index (χ0n) is 16.5. The number of carbonyl (C=O) groups is 1. The molecule has 0 radical (unpaired) electrons. The summed E-state index contributed by atoms with van der Waals surface area (Å²) in [4.78, 5) is 33.1. The number of benzene rings is 1. The first-order valence-corrected chi connectivity index (χ1v) is 11.3. The summed E-state index contributed by atoms with van der Waals surface area (Å²) in [6, 6.07) is 13.8. The van der Waals surface area contributed by atoms with Crippen molar-refractivity contribution < 1.29 is 4.79 Å². The Balaban J connectivity index is 1.49. The number of carbonyl (C=O) groups excluding carboxylic acids is 1. The highest BCUT2D eigenvalue weighted by Crippen LogP contribution is 2.28. The monoisotopic (exact) mass is 447 g/mol. The average Bonchev–Trinajstić information content (AvgIpc) is 3.54. The van der Waals surface area contributed by atoms with Crippen LogP contribution in [0.2, 0.25) is 0 Å². The summed E-state index contributed by atoms with van der Waals surface area (Å²) in [6.45, 7) is 0.310. The van der Waals surface area contributed by atoms with Crippen LogP contribution in [0.15, 0.2) is 76.6 Å². The first-order chi connectivity index (χ1) is 15.1. The Labute approximate surface area is 185 Å². The minimum Gasteiger partial charge on any atom is -0.337 e. The summed E-state index contributed by atoms with van der Waals surface area (Å²) in [5, 5.41) is 8.54. The molecule has 1 aromatic carbocycles. The molecule has 0 fully saturated rings. The van der Waals surface area contributed by atoms with Crippen LogP contribution in [0.1, 0.15) is 15.9 Å². The number of thiazole rings is 1. The molecular formula is C22H17N5O2S2. The number of nitrogens with zero attached hydrogens (tertiary/aromatic N) is 5. The largest absolute Gasteiger partial charge is 0.337 e. The van der Waals surface area contributed by atoms with Gasteiger partial charge in [-0.25, -0.2) is 9.67 Å². The van der Waals surface area contributed by atoms with Gasteiger partial charge in [-0.2, -0.15) is 5.10 Å². The second-order valence-electron chi connectivity index (χ2n) is 6.95. The van der Waals surface area contributed by atoms with Gasteiger partial charge in [0.25, 0.3) is 11.5 Å². The Morgan fingerprint density at radius 1 is 1.10 bits per heavy atom. The molecule has 1 amide bonds. The van der Waals surface area contributed by atoms with E-state index >= 15 is 0 Å². The highest BCUT2D eigenvalue weighted by atomic mass is 32.1. The quantitative estimate of drug-likeness (QED) is 0.409. The van der Waals surface area contributed by atoms with Crippen LogP contribution in [0.5, 0.6) is 0 Å². The molecule has 7 nitrogen and oxygen atoms in total. The molecule has 0 atom stereocenters. The first kappa shape index (κ1) is 19.4. The van der Waals surface area contributed by atoms with Gasteiger partial charge < -0.3 is 4.90 Å². The highest BCUT2D eigenvalue weighted by Gasteiger charge is 2.21. The summed E-state index contributed by atoms with van der Waals surface area (Å²) in [6.07, 6.45) is 4.92.